The smallest absolute Gasteiger partial charge is 0.245 e. The van der Waals surface area contributed by atoms with Crippen LogP contribution >= 0.6 is 0 Å². The monoisotopic (exact) mass is 340 g/mol. The van der Waals surface area contributed by atoms with E-state index in [1.165, 1.54) is 0 Å². The van der Waals surface area contributed by atoms with Gasteiger partial charge in [0, 0.05) is 19.6 Å². The van der Waals surface area contributed by atoms with Crippen LogP contribution in [0.25, 0.3) is 10.9 Å². The fourth-order valence-electron chi connectivity index (χ4n) is 3.25. The van der Waals surface area contributed by atoms with Crippen LogP contribution in [0.15, 0.2) is 29.0 Å². The molecule has 0 N–H and O–H groups in total. The van der Waals surface area contributed by atoms with Gasteiger partial charge in [0.05, 0.1) is 18.0 Å². The minimum absolute atomic E-state index is 0.0228. The molecule has 1 fully saturated rings. The summed E-state index contributed by atoms with van der Waals surface area (Å²) in [5.41, 5.74) is 0.869. The van der Waals surface area contributed by atoms with Gasteiger partial charge >= 0.3 is 0 Å². The van der Waals surface area contributed by atoms with Crippen LogP contribution in [0.1, 0.15) is 17.8 Å². The minimum Gasteiger partial charge on any atom is -0.496 e. The lowest BCUT2D eigenvalue weighted by molar-refractivity contribution is 0.177. The number of aromatic nitrogens is 4. The first-order valence-electron chi connectivity index (χ1n) is 8.20. The van der Waals surface area contributed by atoms with E-state index in [0.29, 0.717) is 18.3 Å². The normalized spacial score (nSPS) is 18.7. The van der Waals surface area contributed by atoms with Crippen LogP contribution in [0.3, 0.4) is 0 Å². The highest BCUT2D eigenvalue weighted by molar-refractivity contribution is 5.94. The van der Waals surface area contributed by atoms with Gasteiger partial charge in [-0.05, 0) is 26.1 Å². The zero-order chi connectivity index (χ0) is 17.4. The Morgan fingerprint density at radius 1 is 1.24 bits per heavy atom. The average Bonchev–Trinajstić information content (AvgIpc) is 3.07. The first-order chi connectivity index (χ1) is 12.2. The Bertz CT molecular complexity index is 890. The Labute approximate surface area is 145 Å². The number of benzene rings is 1. The number of methoxy groups -OCH3 is 1. The van der Waals surface area contributed by atoms with Gasteiger partial charge in [-0.15, -0.1) is 0 Å². The molecule has 1 atom stereocenters. The van der Waals surface area contributed by atoms with Crippen LogP contribution in [-0.4, -0.2) is 58.8 Å². The van der Waals surface area contributed by atoms with Crippen LogP contribution in [0.4, 0.5) is 5.82 Å². The van der Waals surface area contributed by atoms with Crippen LogP contribution < -0.4 is 9.64 Å². The van der Waals surface area contributed by atoms with Crippen molar-refractivity contribution in [2.75, 3.05) is 38.7 Å². The van der Waals surface area contributed by atoms with Crippen molar-refractivity contribution >= 4 is 16.7 Å². The quantitative estimate of drug-likeness (QED) is 0.714. The molecule has 1 unspecified atom stereocenters. The molecule has 8 heteroatoms. The number of piperazine rings is 1. The summed E-state index contributed by atoms with van der Waals surface area (Å²) in [7, 11) is 3.74. The lowest BCUT2D eigenvalue weighted by Crippen LogP contribution is -2.47. The van der Waals surface area contributed by atoms with Gasteiger partial charge in [-0.1, -0.05) is 11.2 Å². The summed E-state index contributed by atoms with van der Waals surface area (Å²) >= 11 is 0. The Morgan fingerprint density at radius 2 is 2.12 bits per heavy atom. The van der Waals surface area contributed by atoms with Crippen molar-refractivity contribution in [2.45, 2.75) is 13.0 Å². The van der Waals surface area contributed by atoms with Gasteiger partial charge in [-0.3, -0.25) is 4.90 Å². The summed E-state index contributed by atoms with van der Waals surface area (Å²) in [6.07, 6.45) is 1.60. The second kappa shape index (κ2) is 6.29. The number of rotatable bonds is 3. The van der Waals surface area contributed by atoms with Crippen molar-refractivity contribution in [2.24, 2.45) is 0 Å². The van der Waals surface area contributed by atoms with E-state index in [-0.39, 0.29) is 6.04 Å². The molecule has 1 aromatic carbocycles. The molecule has 1 aliphatic rings. The molecule has 2 aromatic heterocycles. The van der Waals surface area contributed by atoms with Gasteiger partial charge in [-0.2, -0.15) is 4.98 Å². The number of hydrogen-bond acceptors (Lipinski definition) is 8. The molecule has 3 heterocycles. The standard InChI is InChI=1S/C17H20N6O2/c1-11-20-17(25-21-11)13-9-23(8-7-22(13)2)16-15-12(18-10-19-16)5-4-6-14(15)24-3/h4-6,10,13H,7-9H2,1-3H3. The molecular formula is C17H20N6O2. The molecule has 0 amide bonds. The first-order valence-corrected chi connectivity index (χ1v) is 8.20. The van der Waals surface area contributed by atoms with Crippen molar-refractivity contribution in [3.05, 3.63) is 36.2 Å². The molecule has 0 radical (unpaired) electrons. The van der Waals surface area contributed by atoms with Gasteiger partial charge < -0.3 is 14.2 Å². The second-order valence-electron chi connectivity index (χ2n) is 6.17. The van der Waals surface area contributed by atoms with E-state index in [9.17, 15) is 0 Å². The topological polar surface area (TPSA) is 80.4 Å². The average molecular weight is 340 g/mol. The number of hydrogen-bond donors (Lipinski definition) is 0. The lowest BCUT2D eigenvalue weighted by Gasteiger charge is -2.38. The summed E-state index contributed by atoms with van der Waals surface area (Å²) in [4.78, 5) is 17.8. The van der Waals surface area contributed by atoms with Crippen LogP contribution in [-0.2, 0) is 0 Å². The third-order valence-corrected chi connectivity index (χ3v) is 4.60. The molecule has 8 nitrogen and oxygen atoms in total. The van der Waals surface area contributed by atoms with Gasteiger partial charge in [-0.25, -0.2) is 9.97 Å². The molecule has 25 heavy (non-hydrogen) atoms. The van der Waals surface area contributed by atoms with Crippen LogP contribution in [0.5, 0.6) is 5.75 Å². The van der Waals surface area contributed by atoms with E-state index < -0.39 is 0 Å². The van der Waals surface area contributed by atoms with Gasteiger partial charge in [0.15, 0.2) is 5.82 Å². The fourth-order valence-corrected chi connectivity index (χ4v) is 3.25. The van der Waals surface area contributed by atoms with E-state index in [4.69, 9.17) is 9.26 Å². The highest BCUT2D eigenvalue weighted by Gasteiger charge is 2.31. The molecule has 0 bridgehead atoms. The number of nitrogens with zero attached hydrogens (tertiary/aromatic N) is 6. The Hall–Kier alpha value is -2.74. The summed E-state index contributed by atoms with van der Waals surface area (Å²) in [5.74, 6) is 2.93. The zero-order valence-electron chi connectivity index (χ0n) is 14.5. The van der Waals surface area contributed by atoms with E-state index in [1.54, 1.807) is 13.4 Å². The molecular weight excluding hydrogens is 320 g/mol. The predicted octanol–water partition coefficient (Wildman–Crippen LogP) is 1.82. The van der Waals surface area contributed by atoms with Crippen molar-refractivity contribution < 1.29 is 9.26 Å². The third kappa shape index (κ3) is 2.78. The highest BCUT2D eigenvalue weighted by atomic mass is 16.5. The van der Waals surface area contributed by atoms with Crippen LogP contribution in [0.2, 0.25) is 0 Å². The summed E-state index contributed by atoms with van der Waals surface area (Å²) in [5, 5.41) is 4.85. The highest BCUT2D eigenvalue weighted by Crippen LogP contribution is 2.34. The summed E-state index contributed by atoms with van der Waals surface area (Å²) in [6, 6.07) is 5.86. The predicted molar refractivity (Wildman–Crippen MR) is 92.7 cm³/mol. The van der Waals surface area contributed by atoms with E-state index in [1.807, 2.05) is 25.1 Å². The second-order valence-corrected chi connectivity index (χ2v) is 6.17. The molecule has 0 saturated carbocycles. The number of aryl methyl sites for hydroxylation is 1. The molecule has 130 valence electrons. The van der Waals surface area contributed by atoms with Gasteiger partial charge in [0.25, 0.3) is 0 Å². The molecule has 0 spiro atoms. The Kier molecular flexibility index (Phi) is 3.96. The molecule has 0 aliphatic carbocycles. The lowest BCUT2D eigenvalue weighted by atomic mass is 10.1. The van der Waals surface area contributed by atoms with Crippen molar-refractivity contribution in [1.82, 2.24) is 25.0 Å². The summed E-state index contributed by atoms with van der Waals surface area (Å²) in [6.45, 7) is 4.26. The fraction of sp³-hybridized carbons (Fsp3) is 0.412. The Balaban J connectivity index is 1.74. The molecule has 1 saturated heterocycles. The zero-order valence-corrected chi connectivity index (χ0v) is 14.5. The molecule has 4 rings (SSSR count). The summed E-state index contributed by atoms with van der Waals surface area (Å²) < 4.78 is 10.9. The van der Waals surface area contributed by atoms with Gasteiger partial charge in [0.2, 0.25) is 5.89 Å². The number of fused-ring (bicyclic) bond motifs is 1. The number of ether oxygens (including phenoxy) is 1. The van der Waals surface area contributed by atoms with E-state index in [2.05, 4.69) is 37.0 Å². The largest absolute Gasteiger partial charge is 0.496 e. The van der Waals surface area contributed by atoms with Crippen molar-refractivity contribution in [3.8, 4) is 5.75 Å². The third-order valence-electron chi connectivity index (χ3n) is 4.60. The van der Waals surface area contributed by atoms with Crippen molar-refractivity contribution in [1.29, 1.82) is 0 Å². The molecule has 1 aliphatic heterocycles. The van der Waals surface area contributed by atoms with E-state index >= 15 is 0 Å². The maximum Gasteiger partial charge on any atom is 0.245 e. The Morgan fingerprint density at radius 3 is 2.88 bits per heavy atom. The van der Waals surface area contributed by atoms with Crippen molar-refractivity contribution in [3.63, 3.8) is 0 Å². The van der Waals surface area contributed by atoms with Gasteiger partial charge in [0.1, 0.15) is 23.9 Å². The van der Waals surface area contributed by atoms with Crippen LogP contribution in [0, 0.1) is 6.92 Å². The molecule has 3 aromatic rings. The van der Waals surface area contributed by atoms with E-state index in [0.717, 1.165) is 35.6 Å². The minimum atomic E-state index is 0.0228. The maximum atomic E-state index is 5.54. The SMILES string of the molecule is COc1cccc2ncnc(N3CCN(C)C(c4nc(C)no4)C3)c12. The number of anilines is 1. The first kappa shape index (κ1) is 15.8. The maximum absolute atomic E-state index is 5.54. The number of likely N-dealkylation sites (N-methyl/N-ethyl adjacent to an activating group) is 1.